The van der Waals surface area contributed by atoms with Gasteiger partial charge in [0.25, 0.3) is 5.56 Å². The maximum atomic E-state index is 11.7. The number of nitrogens with zero attached hydrogens (tertiary/aromatic N) is 2. The molecule has 1 aromatic heterocycles. The molecule has 2 heterocycles. The summed E-state index contributed by atoms with van der Waals surface area (Å²) in [5.74, 6) is 0. The van der Waals surface area contributed by atoms with Crippen LogP contribution < -0.4 is 16.6 Å². The molecule has 0 aromatic carbocycles. The molecule has 1 saturated heterocycles. The third-order valence-electron chi connectivity index (χ3n) is 2.64. The molecule has 76 valence electrons. The van der Waals surface area contributed by atoms with E-state index in [0.717, 1.165) is 24.1 Å². The van der Waals surface area contributed by atoms with Crippen LogP contribution in [0.1, 0.15) is 12.5 Å². The lowest BCUT2D eigenvalue weighted by Gasteiger charge is -2.12. The first-order valence-electron chi connectivity index (χ1n) is 4.69. The largest absolute Gasteiger partial charge is 0.330 e. The minimum Gasteiger partial charge on any atom is -0.315 e. The number of hydrogen-bond donors (Lipinski definition) is 1. The summed E-state index contributed by atoms with van der Waals surface area (Å²) in [7, 11) is 1.50. The lowest BCUT2D eigenvalue weighted by Crippen LogP contribution is -2.39. The van der Waals surface area contributed by atoms with Gasteiger partial charge in [0.15, 0.2) is 0 Å². The van der Waals surface area contributed by atoms with Gasteiger partial charge >= 0.3 is 5.69 Å². The van der Waals surface area contributed by atoms with Gasteiger partial charge in [-0.2, -0.15) is 0 Å². The number of rotatable bonds is 1. The Bertz CT molecular complexity index is 440. The average Bonchev–Trinajstić information content (AvgIpc) is 2.67. The normalized spacial score (nSPS) is 21.4. The van der Waals surface area contributed by atoms with Crippen molar-refractivity contribution in [1.29, 1.82) is 0 Å². The second kappa shape index (κ2) is 3.42. The van der Waals surface area contributed by atoms with Crippen molar-refractivity contribution in [2.24, 2.45) is 7.05 Å². The van der Waals surface area contributed by atoms with Crippen molar-refractivity contribution < 1.29 is 0 Å². The molecule has 14 heavy (non-hydrogen) atoms. The zero-order valence-electron chi connectivity index (χ0n) is 8.06. The molecular weight excluding hydrogens is 182 g/mol. The highest BCUT2D eigenvalue weighted by Crippen LogP contribution is 2.10. The summed E-state index contributed by atoms with van der Waals surface area (Å²) in [6.07, 6.45) is 2.53. The Morgan fingerprint density at radius 3 is 2.93 bits per heavy atom. The van der Waals surface area contributed by atoms with Crippen LogP contribution >= 0.6 is 0 Å². The molecule has 0 amide bonds. The summed E-state index contributed by atoms with van der Waals surface area (Å²) in [5, 5.41) is 3.19. The smallest absolute Gasteiger partial charge is 0.315 e. The van der Waals surface area contributed by atoms with Gasteiger partial charge in [0, 0.05) is 25.9 Å². The van der Waals surface area contributed by atoms with E-state index in [1.165, 1.54) is 13.1 Å². The Labute approximate surface area is 81.0 Å². The van der Waals surface area contributed by atoms with Crippen LogP contribution in [-0.4, -0.2) is 22.2 Å². The topological polar surface area (TPSA) is 56.0 Å². The van der Waals surface area contributed by atoms with E-state index in [2.05, 4.69) is 5.32 Å². The van der Waals surface area contributed by atoms with Gasteiger partial charge in [0.1, 0.15) is 0 Å². The van der Waals surface area contributed by atoms with Crippen LogP contribution in [0.5, 0.6) is 0 Å². The molecule has 1 atom stereocenters. The molecule has 1 fully saturated rings. The molecule has 0 spiro atoms. The molecule has 5 heteroatoms. The number of nitrogens with one attached hydrogen (secondary N) is 1. The van der Waals surface area contributed by atoms with E-state index < -0.39 is 0 Å². The third kappa shape index (κ3) is 1.39. The number of aromatic nitrogens is 2. The minimum atomic E-state index is -0.253. The van der Waals surface area contributed by atoms with Crippen molar-refractivity contribution in [3.8, 4) is 0 Å². The van der Waals surface area contributed by atoms with Crippen LogP contribution in [0, 0.1) is 0 Å². The Hall–Kier alpha value is -1.36. The van der Waals surface area contributed by atoms with Crippen LogP contribution in [0.4, 0.5) is 0 Å². The molecule has 0 saturated carbocycles. The van der Waals surface area contributed by atoms with Crippen molar-refractivity contribution in [1.82, 2.24) is 14.5 Å². The van der Waals surface area contributed by atoms with Crippen LogP contribution in [0.25, 0.3) is 0 Å². The summed E-state index contributed by atoms with van der Waals surface area (Å²) >= 11 is 0. The van der Waals surface area contributed by atoms with Crippen LogP contribution in [0.15, 0.2) is 21.9 Å². The highest BCUT2D eigenvalue weighted by Gasteiger charge is 2.17. The molecule has 5 nitrogen and oxygen atoms in total. The number of hydrogen-bond acceptors (Lipinski definition) is 3. The summed E-state index contributed by atoms with van der Waals surface area (Å²) in [5.41, 5.74) is -0.483. The molecule has 1 aliphatic rings. The fraction of sp³-hybridized carbons (Fsp3) is 0.556. The van der Waals surface area contributed by atoms with Crippen molar-refractivity contribution in [2.45, 2.75) is 12.5 Å². The quantitative estimate of drug-likeness (QED) is 0.630. The van der Waals surface area contributed by atoms with Crippen LogP contribution in [0.3, 0.4) is 0 Å². The van der Waals surface area contributed by atoms with E-state index in [9.17, 15) is 9.59 Å². The van der Waals surface area contributed by atoms with Gasteiger partial charge in [-0.1, -0.05) is 0 Å². The van der Waals surface area contributed by atoms with E-state index in [0.29, 0.717) is 0 Å². The molecule has 1 aliphatic heterocycles. The molecule has 1 N–H and O–H groups in total. The first-order chi connectivity index (χ1) is 6.70. The summed E-state index contributed by atoms with van der Waals surface area (Å²) < 4.78 is 2.76. The summed E-state index contributed by atoms with van der Waals surface area (Å²) in [6.45, 7) is 1.73. The van der Waals surface area contributed by atoms with Crippen molar-refractivity contribution in [3.05, 3.63) is 33.1 Å². The summed E-state index contributed by atoms with van der Waals surface area (Å²) in [6, 6.07) is 1.62. The fourth-order valence-electron chi connectivity index (χ4n) is 1.74. The Kier molecular flexibility index (Phi) is 2.25. The zero-order valence-corrected chi connectivity index (χ0v) is 8.06. The van der Waals surface area contributed by atoms with Crippen LogP contribution in [-0.2, 0) is 7.05 Å². The monoisotopic (exact) mass is 195 g/mol. The molecule has 1 aromatic rings. The fourth-order valence-corrected chi connectivity index (χ4v) is 1.74. The van der Waals surface area contributed by atoms with E-state index in [1.54, 1.807) is 10.8 Å². The Morgan fingerprint density at radius 2 is 2.29 bits per heavy atom. The lowest BCUT2D eigenvalue weighted by molar-refractivity contribution is 0.495. The van der Waals surface area contributed by atoms with Gasteiger partial charge < -0.3 is 5.32 Å². The molecule has 2 rings (SSSR count). The van der Waals surface area contributed by atoms with Gasteiger partial charge in [0.2, 0.25) is 0 Å². The van der Waals surface area contributed by atoms with Gasteiger partial charge in [0.05, 0.1) is 6.04 Å². The van der Waals surface area contributed by atoms with Gasteiger partial charge in [-0.05, 0) is 13.0 Å². The molecule has 0 bridgehead atoms. The highest BCUT2D eigenvalue weighted by molar-refractivity contribution is 4.90. The maximum Gasteiger partial charge on any atom is 0.330 e. The van der Waals surface area contributed by atoms with Gasteiger partial charge in [-0.25, -0.2) is 4.79 Å². The maximum absolute atomic E-state index is 11.7. The van der Waals surface area contributed by atoms with Crippen molar-refractivity contribution >= 4 is 0 Å². The molecule has 0 radical (unpaired) electrons. The van der Waals surface area contributed by atoms with Crippen molar-refractivity contribution in [3.63, 3.8) is 0 Å². The SMILES string of the molecule is Cn1c(=O)ccn([C@H]2CCNC2)c1=O. The van der Waals surface area contributed by atoms with E-state index in [1.807, 2.05) is 0 Å². The predicted octanol–water partition coefficient (Wildman–Crippen LogP) is -0.919. The molecule has 0 aliphatic carbocycles. The summed E-state index contributed by atoms with van der Waals surface area (Å²) in [4.78, 5) is 22.8. The predicted molar refractivity (Wildman–Crippen MR) is 52.5 cm³/mol. The second-order valence-corrected chi connectivity index (χ2v) is 3.55. The Morgan fingerprint density at radius 1 is 1.50 bits per heavy atom. The zero-order chi connectivity index (χ0) is 10.1. The lowest BCUT2D eigenvalue weighted by atomic mass is 10.2. The van der Waals surface area contributed by atoms with E-state index >= 15 is 0 Å². The average molecular weight is 195 g/mol. The first-order valence-corrected chi connectivity index (χ1v) is 4.69. The first kappa shape index (κ1) is 9.21. The molecule has 0 unspecified atom stereocenters. The highest BCUT2D eigenvalue weighted by atomic mass is 16.2. The standard InChI is InChI=1S/C9H13N3O2/c1-11-8(13)3-5-12(9(11)14)7-2-4-10-6-7/h3,5,7,10H,2,4,6H2,1H3/t7-/m0/s1. The Balaban J connectivity index is 2.49. The molecular formula is C9H13N3O2. The third-order valence-corrected chi connectivity index (χ3v) is 2.64. The minimum absolute atomic E-state index is 0.189. The second-order valence-electron chi connectivity index (χ2n) is 3.55. The van der Waals surface area contributed by atoms with Crippen molar-refractivity contribution in [2.75, 3.05) is 13.1 Å². The van der Waals surface area contributed by atoms with Crippen LogP contribution in [0.2, 0.25) is 0 Å². The van der Waals surface area contributed by atoms with Gasteiger partial charge in [-0.15, -0.1) is 0 Å². The van der Waals surface area contributed by atoms with E-state index in [-0.39, 0.29) is 17.3 Å². The van der Waals surface area contributed by atoms with E-state index in [4.69, 9.17) is 0 Å². The van der Waals surface area contributed by atoms with Gasteiger partial charge in [-0.3, -0.25) is 13.9 Å².